The van der Waals surface area contributed by atoms with Crippen LogP contribution in [0, 0.1) is 12.8 Å². The van der Waals surface area contributed by atoms with Crippen molar-refractivity contribution in [1.82, 2.24) is 20.2 Å². The van der Waals surface area contributed by atoms with Gasteiger partial charge in [0, 0.05) is 26.2 Å². The number of imidazole rings is 1. The lowest BCUT2D eigenvalue weighted by atomic mass is 10.1. The molecule has 9 heteroatoms. The number of fused-ring (bicyclic) bond motifs is 1. The van der Waals surface area contributed by atoms with Gasteiger partial charge in [0.15, 0.2) is 15.8 Å². The molecule has 0 radical (unpaired) electrons. The number of nitrogens with one attached hydrogen (secondary N) is 2. The largest absolute Gasteiger partial charge is 0.357 e. The summed E-state index contributed by atoms with van der Waals surface area (Å²) in [5.41, 5.74) is 2.20. The number of hydrogen-bond acceptors (Lipinski definition) is 4. The fraction of sp³-hybridized carbons (Fsp3) is 0.579. The van der Waals surface area contributed by atoms with Gasteiger partial charge in [0.2, 0.25) is 0 Å². The van der Waals surface area contributed by atoms with Crippen LogP contribution < -0.4 is 10.6 Å². The van der Waals surface area contributed by atoms with E-state index in [2.05, 4.69) is 31.2 Å². The first-order valence-electron chi connectivity index (χ1n) is 9.63. The highest BCUT2D eigenvalue weighted by molar-refractivity contribution is 14.0. The third kappa shape index (κ3) is 6.07. The Morgan fingerprint density at radius 2 is 2.11 bits per heavy atom. The Kier molecular flexibility index (Phi) is 8.54. The smallest absolute Gasteiger partial charge is 0.191 e. The van der Waals surface area contributed by atoms with Gasteiger partial charge in [0.1, 0.15) is 5.82 Å². The summed E-state index contributed by atoms with van der Waals surface area (Å²) in [5, 5.41) is 6.58. The summed E-state index contributed by atoms with van der Waals surface area (Å²) >= 11 is 0. The molecule has 1 aromatic carbocycles. The number of para-hydroxylation sites is 2. The minimum Gasteiger partial charge on any atom is -0.357 e. The van der Waals surface area contributed by atoms with Gasteiger partial charge in [-0.15, -0.1) is 24.0 Å². The highest BCUT2D eigenvalue weighted by Gasteiger charge is 2.27. The van der Waals surface area contributed by atoms with E-state index in [1.165, 1.54) is 0 Å². The average Bonchev–Trinajstić information content (AvgIpc) is 3.15. The number of nitrogens with zero attached hydrogens (tertiary/aromatic N) is 3. The summed E-state index contributed by atoms with van der Waals surface area (Å²) in [6.07, 6.45) is 1.67. The summed E-state index contributed by atoms with van der Waals surface area (Å²) in [6.45, 7) is 7.08. The van der Waals surface area contributed by atoms with Crippen molar-refractivity contribution in [1.29, 1.82) is 0 Å². The third-order valence-corrected chi connectivity index (χ3v) is 6.71. The van der Waals surface area contributed by atoms with Crippen molar-refractivity contribution >= 4 is 50.8 Å². The zero-order chi connectivity index (χ0) is 19.3. The van der Waals surface area contributed by atoms with Gasteiger partial charge in [-0.3, -0.25) is 4.99 Å². The molecule has 0 amide bonds. The summed E-state index contributed by atoms with van der Waals surface area (Å²) in [5.74, 6) is 2.50. The van der Waals surface area contributed by atoms with Crippen molar-refractivity contribution in [3.05, 3.63) is 30.1 Å². The summed E-state index contributed by atoms with van der Waals surface area (Å²) in [4.78, 5) is 9.17. The monoisotopic (exact) mass is 519 g/mol. The van der Waals surface area contributed by atoms with Gasteiger partial charge in [-0.05, 0) is 44.7 Å². The Labute approximate surface area is 184 Å². The first-order valence-corrected chi connectivity index (χ1v) is 11.4. The molecule has 156 valence electrons. The topological polar surface area (TPSA) is 88.4 Å². The number of sulfone groups is 1. The van der Waals surface area contributed by atoms with Gasteiger partial charge in [-0.25, -0.2) is 13.4 Å². The van der Waals surface area contributed by atoms with Crippen molar-refractivity contribution in [3.8, 4) is 0 Å². The normalized spacial score (nSPS) is 18.8. The zero-order valence-electron chi connectivity index (χ0n) is 16.5. The summed E-state index contributed by atoms with van der Waals surface area (Å²) < 4.78 is 25.4. The quantitative estimate of drug-likeness (QED) is 0.254. The molecule has 3 rings (SSSR count). The molecular weight excluding hydrogens is 489 g/mol. The molecule has 1 unspecified atom stereocenters. The van der Waals surface area contributed by atoms with Gasteiger partial charge in [0.05, 0.1) is 22.5 Å². The van der Waals surface area contributed by atoms with Crippen LogP contribution in [0.2, 0.25) is 0 Å². The van der Waals surface area contributed by atoms with Crippen LogP contribution in [-0.2, 0) is 16.4 Å². The predicted octanol–water partition coefficient (Wildman–Crippen LogP) is 2.34. The molecule has 2 N–H and O–H groups in total. The predicted molar refractivity (Wildman–Crippen MR) is 125 cm³/mol. The van der Waals surface area contributed by atoms with E-state index in [4.69, 9.17) is 0 Å². The minimum absolute atomic E-state index is 0. The molecule has 28 heavy (non-hydrogen) atoms. The zero-order valence-corrected chi connectivity index (χ0v) is 19.7. The van der Waals surface area contributed by atoms with Gasteiger partial charge < -0.3 is 15.2 Å². The van der Waals surface area contributed by atoms with E-state index in [1.807, 2.05) is 32.0 Å². The standard InChI is InChI=1S/C19H29N5O2S.HI/c1-3-20-19(22-13-16-9-12-27(25,26)14-16)21-10-6-11-24-15(2)23-17-7-4-5-8-18(17)24;/h4-5,7-8,16H,3,6,9-14H2,1-2H3,(H2,20,21,22);1H. The Morgan fingerprint density at radius 3 is 2.82 bits per heavy atom. The molecule has 1 fully saturated rings. The van der Waals surface area contributed by atoms with Crippen LogP contribution in [0.3, 0.4) is 0 Å². The molecular formula is C19H30IN5O2S. The second-order valence-corrected chi connectivity index (χ2v) is 9.30. The van der Waals surface area contributed by atoms with E-state index in [-0.39, 0.29) is 35.6 Å². The molecule has 0 saturated carbocycles. The Hall–Kier alpha value is -1.36. The van der Waals surface area contributed by atoms with Crippen molar-refractivity contribution < 1.29 is 8.42 Å². The van der Waals surface area contributed by atoms with E-state index >= 15 is 0 Å². The lowest BCUT2D eigenvalue weighted by Crippen LogP contribution is -2.38. The maximum Gasteiger partial charge on any atom is 0.191 e. The number of benzene rings is 1. The highest BCUT2D eigenvalue weighted by Crippen LogP contribution is 2.18. The fourth-order valence-electron chi connectivity index (χ4n) is 3.50. The molecule has 0 aliphatic carbocycles. The van der Waals surface area contributed by atoms with Crippen LogP contribution in [-0.4, -0.2) is 55.1 Å². The van der Waals surface area contributed by atoms with Crippen molar-refractivity contribution in [2.45, 2.75) is 33.2 Å². The van der Waals surface area contributed by atoms with Crippen molar-refractivity contribution in [2.75, 3.05) is 31.1 Å². The molecule has 7 nitrogen and oxygen atoms in total. The number of halogens is 1. The van der Waals surface area contributed by atoms with Crippen LogP contribution >= 0.6 is 24.0 Å². The van der Waals surface area contributed by atoms with Crippen LogP contribution in [0.1, 0.15) is 25.6 Å². The van der Waals surface area contributed by atoms with Crippen LogP contribution in [0.5, 0.6) is 0 Å². The molecule has 1 saturated heterocycles. The maximum atomic E-state index is 11.6. The molecule has 0 spiro atoms. The Balaban J connectivity index is 0.00000280. The number of aliphatic imine (C=N–C) groups is 1. The van der Waals surface area contributed by atoms with Crippen molar-refractivity contribution in [2.24, 2.45) is 10.9 Å². The minimum atomic E-state index is -2.84. The molecule has 1 aliphatic heterocycles. The first-order chi connectivity index (χ1) is 13.0. The summed E-state index contributed by atoms with van der Waals surface area (Å²) in [6, 6.07) is 8.19. The lowest BCUT2D eigenvalue weighted by Gasteiger charge is -2.13. The second kappa shape index (κ2) is 10.4. The number of rotatable bonds is 7. The van der Waals surface area contributed by atoms with E-state index in [9.17, 15) is 8.42 Å². The fourth-order valence-corrected chi connectivity index (χ4v) is 5.35. The number of guanidine groups is 1. The van der Waals surface area contributed by atoms with Crippen LogP contribution in [0.4, 0.5) is 0 Å². The van der Waals surface area contributed by atoms with Crippen molar-refractivity contribution in [3.63, 3.8) is 0 Å². The number of hydrogen-bond donors (Lipinski definition) is 2. The number of aromatic nitrogens is 2. The average molecular weight is 519 g/mol. The van der Waals surface area contributed by atoms with E-state index in [0.29, 0.717) is 12.3 Å². The van der Waals surface area contributed by atoms with Crippen LogP contribution in [0.25, 0.3) is 11.0 Å². The second-order valence-electron chi connectivity index (χ2n) is 7.07. The van der Waals surface area contributed by atoms with E-state index in [0.717, 1.165) is 55.3 Å². The molecule has 1 aromatic heterocycles. The van der Waals surface area contributed by atoms with E-state index in [1.54, 1.807) is 0 Å². The van der Waals surface area contributed by atoms with Gasteiger partial charge in [-0.2, -0.15) is 0 Å². The van der Waals surface area contributed by atoms with Gasteiger partial charge in [0.25, 0.3) is 0 Å². The maximum absolute atomic E-state index is 11.6. The Bertz CT molecular complexity index is 910. The van der Waals surface area contributed by atoms with Gasteiger partial charge in [-0.1, -0.05) is 12.1 Å². The highest BCUT2D eigenvalue weighted by atomic mass is 127. The molecule has 0 bridgehead atoms. The lowest BCUT2D eigenvalue weighted by molar-refractivity contribution is 0.587. The van der Waals surface area contributed by atoms with E-state index < -0.39 is 9.84 Å². The Morgan fingerprint density at radius 1 is 1.32 bits per heavy atom. The number of aryl methyl sites for hydroxylation is 2. The first kappa shape index (κ1) is 22.9. The SMILES string of the molecule is CCNC(=NCC1CCS(=O)(=O)C1)NCCCn1c(C)nc2ccccc21.I. The van der Waals surface area contributed by atoms with Gasteiger partial charge >= 0.3 is 0 Å². The molecule has 1 aliphatic rings. The summed E-state index contributed by atoms with van der Waals surface area (Å²) in [7, 11) is -2.84. The molecule has 1 atom stereocenters. The third-order valence-electron chi connectivity index (χ3n) is 4.87. The van der Waals surface area contributed by atoms with Crippen LogP contribution in [0.15, 0.2) is 29.3 Å². The molecule has 2 heterocycles. The molecule has 2 aromatic rings.